The van der Waals surface area contributed by atoms with E-state index in [0.29, 0.717) is 35.7 Å². The number of fused-ring (bicyclic) bond motifs is 5. The highest BCUT2D eigenvalue weighted by atomic mass is 16.3. The number of hydrogen-bond acceptors (Lipinski definition) is 4. The summed E-state index contributed by atoms with van der Waals surface area (Å²) < 4.78 is 6.41. The smallest absolute Gasteiger partial charge is 0.165 e. The first-order valence-electron chi connectivity index (χ1n) is 17.0. The Morgan fingerprint density at radius 2 is 1.42 bits per heavy atom. The van der Waals surface area contributed by atoms with Crippen molar-refractivity contribution in [3.05, 3.63) is 187 Å². The summed E-state index contributed by atoms with van der Waals surface area (Å²) in [6.45, 7) is 4.17. The molecule has 2 aliphatic rings. The van der Waals surface area contributed by atoms with Crippen LogP contribution < -0.4 is 0 Å². The number of furan rings is 1. The maximum Gasteiger partial charge on any atom is 0.165 e. The van der Waals surface area contributed by atoms with Crippen LogP contribution in [0.1, 0.15) is 5.56 Å². The fraction of sp³-hybridized carbons (Fsp3) is 0.0652. The minimum Gasteiger partial charge on any atom is -0.456 e. The van der Waals surface area contributed by atoms with E-state index >= 15 is 0 Å². The van der Waals surface area contributed by atoms with Crippen molar-refractivity contribution in [1.82, 2.24) is 15.0 Å². The first-order chi connectivity index (χ1) is 24.7. The zero-order valence-corrected chi connectivity index (χ0v) is 27.4. The second-order valence-corrected chi connectivity index (χ2v) is 12.7. The van der Waals surface area contributed by atoms with E-state index in [1.54, 1.807) is 0 Å². The van der Waals surface area contributed by atoms with Crippen LogP contribution >= 0.6 is 0 Å². The predicted molar refractivity (Wildman–Crippen MR) is 205 cm³/mol. The second-order valence-electron chi connectivity index (χ2n) is 12.7. The number of benzene rings is 5. The quantitative estimate of drug-likeness (QED) is 0.173. The molecule has 4 heteroatoms. The van der Waals surface area contributed by atoms with Crippen LogP contribution in [-0.2, 0) is 6.42 Å². The SMILES string of the molecule is C=CC1=C(/C=C\Cc2ccc3oc4ccccc4c3c2-c2nc(-c3ccccc3)nc(-c3cccc4ccccc34)n2)C=CC2C=CC=CC12. The fourth-order valence-electron chi connectivity index (χ4n) is 7.37. The molecule has 2 heterocycles. The van der Waals surface area contributed by atoms with Crippen molar-refractivity contribution in [1.29, 1.82) is 0 Å². The molecule has 50 heavy (non-hydrogen) atoms. The average Bonchev–Trinajstić information content (AvgIpc) is 3.56. The van der Waals surface area contributed by atoms with Gasteiger partial charge in [-0.2, -0.15) is 0 Å². The summed E-state index contributed by atoms with van der Waals surface area (Å²) in [5, 5.41) is 4.27. The molecule has 0 saturated carbocycles. The molecular weight excluding hydrogens is 611 g/mol. The first-order valence-corrected chi connectivity index (χ1v) is 17.0. The number of nitrogens with zero attached hydrogens (tertiary/aromatic N) is 3. The highest BCUT2D eigenvalue weighted by Gasteiger charge is 2.24. The van der Waals surface area contributed by atoms with E-state index in [-0.39, 0.29) is 0 Å². The lowest BCUT2D eigenvalue weighted by Crippen LogP contribution is -2.16. The summed E-state index contributed by atoms with van der Waals surface area (Å²) in [5.41, 5.74) is 8.02. The van der Waals surface area contributed by atoms with Crippen LogP contribution in [0.4, 0.5) is 0 Å². The first kappa shape index (κ1) is 29.7. The maximum absolute atomic E-state index is 6.41. The molecule has 5 aromatic carbocycles. The summed E-state index contributed by atoms with van der Waals surface area (Å²) in [6, 6.07) is 37.2. The van der Waals surface area contributed by atoms with Crippen molar-refractivity contribution in [2.45, 2.75) is 6.42 Å². The third-order valence-electron chi connectivity index (χ3n) is 9.77. The molecule has 0 saturated heterocycles. The number of allylic oxidation sites excluding steroid dienone is 11. The Kier molecular flexibility index (Phi) is 7.47. The Bertz CT molecular complexity index is 2590. The summed E-state index contributed by atoms with van der Waals surface area (Å²) in [5.74, 6) is 2.55. The number of rotatable bonds is 7. The molecule has 0 amide bonds. The summed E-state index contributed by atoms with van der Waals surface area (Å²) in [6.07, 6.45) is 20.4. The second kappa shape index (κ2) is 12.6. The van der Waals surface area contributed by atoms with Crippen molar-refractivity contribution in [3.63, 3.8) is 0 Å². The number of para-hydroxylation sites is 1. The van der Waals surface area contributed by atoms with Crippen LogP contribution in [0.3, 0.4) is 0 Å². The molecular formula is C46H33N3O. The Labute approximate surface area is 290 Å². The van der Waals surface area contributed by atoms with Gasteiger partial charge in [-0.25, -0.2) is 15.0 Å². The zero-order valence-electron chi connectivity index (χ0n) is 27.4. The molecule has 7 aromatic rings. The Morgan fingerprint density at radius 1 is 0.660 bits per heavy atom. The molecule has 2 unspecified atom stereocenters. The van der Waals surface area contributed by atoms with Crippen molar-refractivity contribution in [3.8, 4) is 34.2 Å². The molecule has 0 fully saturated rings. The van der Waals surface area contributed by atoms with Gasteiger partial charge >= 0.3 is 0 Å². The van der Waals surface area contributed by atoms with Gasteiger partial charge in [0.25, 0.3) is 0 Å². The molecule has 0 spiro atoms. The van der Waals surface area contributed by atoms with E-state index in [1.165, 1.54) is 11.1 Å². The maximum atomic E-state index is 6.41. The lowest BCUT2D eigenvalue weighted by Gasteiger charge is -2.27. The fourth-order valence-corrected chi connectivity index (χ4v) is 7.37. The number of hydrogen-bond donors (Lipinski definition) is 0. The van der Waals surface area contributed by atoms with Crippen molar-refractivity contribution in [2.24, 2.45) is 11.8 Å². The van der Waals surface area contributed by atoms with Crippen LogP contribution in [0.2, 0.25) is 0 Å². The molecule has 238 valence electrons. The van der Waals surface area contributed by atoms with E-state index in [9.17, 15) is 0 Å². The predicted octanol–water partition coefficient (Wildman–Crippen LogP) is 11.4. The van der Waals surface area contributed by atoms with E-state index < -0.39 is 0 Å². The third kappa shape index (κ3) is 5.22. The van der Waals surface area contributed by atoms with E-state index in [0.717, 1.165) is 55.0 Å². The van der Waals surface area contributed by atoms with Gasteiger partial charge < -0.3 is 4.42 Å². The normalized spacial score (nSPS) is 17.0. The van der Waals surface area contributed by atoms with Gasteiger partial charge in [0.15, 0.2) is 17.5 Å². The van der Waals surface area contributed by atoms with Crippen molar-refractivity contribution in [2.75, 3.05) is 0 Å². The molecule has 0 aliphatic heterocycles. The molecule has 0 N–H and O–H groups in total. The van der Waals surface area contributed by atoms with E-state index in [2.05, 4.69) is 122 Å². The minimum absolute atomic E-state index is 0.306. The molecule has 4 nitrogen and oxygen atoms in total. The molecule has 2 aliphatic carbocycles. The average molecular weight is 644 g/mol. The summed E-state index contributed by atoms with van der Waals surface area (Å²) in [7, 11) is 0. The van der Waals surface area contributed by atoms with Gasteiger partial charge in [0.05, 0.1) is 0 Å². The topological polar surface area (TPSA) is 51.8 Å². The van der Waals surface area contributed by atoms with Gasteiger partial charge in [-0.05, 0) is 46.0 Å². The molecule has 2 aromatic heterocycles. The van der Waals surface area contributed by atoms with E-state index in [1.807, 2.05) is 48.5 Å². The van der Waals surface area contributed by atoms with Gasteiger partial charge in [0.2, 0.25) is 0 Å². The lowest BCUT2D eigenvalue weighted by molar-refractivity contribution is 0.632. The molecule has 2 atom stereocenters. The third-order valence-corrected chi connectivity index (χ3v) is 9.77. The Morgan fingerprint density at radius 3 is 2.32 bits per heavy atom. The van der Waals surface area contributed by atoms with Gasteiger partial charge in [-0.3, -0.25) is 0 Å². The summed E-state index contributed by atoms with van der Waals surface area (Å²) in [4.78, 5) is 15.6. The van der Waals surface area contributed by atoms with Crippen LogP contribution in [0, 0.1) is 11.8 Å². The zero-order chi connectivity index (χ0) is 33.4. The van der Waals surface area contributed by atoms with Crippen LogP contribution in [-0.4, -0.2) is 15.0 Å². The van der Waals surface area contributed by atoms with Crippen LogP contribution in [0.25, 0.3) is 66.9 Å². The van der Waals surface area contributed by atoms with Gasteiger partial charge in [-0.1, -0.05) is 158 Å². The van der Waals surface area contributed by atoms with Crippen molar-refractivity contribution >= 4 is 32.7 Å². The monoisotopic (exact) mass is 643 g/mol. The van der Waals surface area contributed by atoms with Crippen LogP contribution in [0.5, 0.6) is 0 Å². The Hall–Kier alpha value is -6.39. The van der Waals surface area contributed by atoms with Gasteiger partial charge in [0, 0.05) is 39.3 Å². The minimum atomic E-state index is 0.306. The molecule has 0 radical (unpaired) electrons. The molecule has 0 bridgehead atoms. The van der Waals surface area contributed by atoms with Crippen molar-refractivity contribution < 1.29 is 4.42 Å². The highest BCUT2D eigenvalue weighted by molar-refractivity contribution is 6.12. The summed E-state index contributed by atoms with van der Waals surface area (Å²) >= 11 is 0. The van der Waals surface area contributed by atoms with Gasteiger partial charge in [-0.15, -0.1) is 0 Å². The van der Waals surface area contributed by atoms with E-state index in [4.69, 9.17) is 19.4 Å². The highest BCUT2D eigenvalue weighted by Crippen LogP contribution is 2.40. The van der Waals surface area contributed by atoms with Crippen LogP contribution in [0.15, 0.2) is 186 Å². The standard InChI is InChI=1S/C46H33N3O/c1-2-35-31(26-27-32-15-7-8-21-36(32)35)18-12-20-33-28-29-41-43(39-23-10-11-25-40(39)50-41)42(33)46-48-44(34-16-4-3-5-17-34)47-45(49-46)38-24-13-19-30-14-6-9-22-37(30)38/h2-19,21-29,32,36H,1,20H2/b18-12-. The lowest BCUT2D eigenvalue weighted by atomic mass is 9.77. The van der Waals surface area contributed by atoms with Gasteiger partial charge in [0.1, 0.15) is 11.2 Å². The number of aromatic nitrogens is 3. The largest absolute Gasteiger partial charge is 0.456 e. The molecule has 9 rings (SSSR count). The Balaban J connectivity index is 1.25.